The molecule has 0 aromatic carbocycles. The number of nitrogens with two attached hydrogens (primary N) is 1. The Morgan fingerprint density at radius 2 is 2.25 bits per heavy atom. The van der Waals surface area contributed by atoms with Crippen molar-refractivity contribution in [2.45, 2.75) is 56.3 Å². The zero-order valence-electron chi connectivity index (χ0n) is 12.3. The first-order valence-electron chi connectivity index (χ1n) is 6.99. The lowest BCUT2D eigenvalue weighted by Crippen LogP contribution is -2.54. The molecule has 1 aromatic rings. The summed E-state index contributed by atoms with van der Waals surface area (Å²) >= 11 is 1.66. The number of thioether (sulfide) groups is 1. The van der Waals surface area contributed by atoms with Crippen molar-refractivity contribution in [3.05, 3.63) is 5.82 Å². The number of carbonyl (C=O) groups excluding carboxylic acids is 1. The van der Waals surface area contributed by atoms with Crippen LogP contribution in [0.2, 0.25) is 0 Å². The molecule has 0 radical (unpaired) electrons. The van der Waals surface area contributed by atoms with E-state index in [9.17, 15) is 4.79 Å². The van der Waals surface area contributed by atoms with Crippen LogP contribution in [0.25, 0.3) is 0 Å². The van der Waals surface area contributed by atoms with Gasteiger partial charge < -0.3 is 15.6 Å². The van der Waals surface area contributed by atoms with Crippen LogP contribution in [0, 0.1) is 6.92 Å². The van der Waals surface area contributed by atoms with Crippen molar-refractivity contribution in [3.8, 4) is 0 Å². The molecule has 3 N–H and O–H groups in total. The van der Waals surface area contributed by atoms with Crippen LogP contribution in [0.4, 0.5) is 0 Å². The zero-order chi connectivity index (χ0) is 14.8. The highest BCUT2D eigenvalue weighted by Crippen LogP contribution is 2.26. The maximum absolute atomic E-state index is 11.6. The lowest BCUT2D eigenvalue weighted by molar-refractivity contribution is -0.124. The highest BCUT2D eigenvalue weighted by Gasteiger charge is 2.36. The van der Waals surface area contributed by atoms with Crippen molar-refractivity contribution in [1.82, 2.24) is 20.1 Å². The molecule has 112 valence electrons. The SMILES string of the molecule is Cc1nnc(SCCCC(C)(NC2CC2)C(N)=O)n1C. The van der Waals surface area contributed by atoms with Gasteiger partial charge in [0.1, 0.15) is 5.82 Å². The Balaban J connectivity index is 1.78. The van der Waals surface area contributed by atoms with Gasteiger partial charge in [-0.1, -0.05) is 11.8 Å². The molecule has 1 fully saturated rings. The summed E-state index contributed by atoms with van der Waals surface area (Å²) < 4.78 is 1.97. The third-order valence-electron chi connectivity index (χ3n) is 3.75. The van der Waals surface area contributed by atoms with Gasteiger partial charge in [-0.15, -0.1) is 10.2 Å². The van der Waals surface area contributed by atoms with Crippen LogP contribution in [0.3, 0.4) is 0 Å². The lowest BCUT2D eigenvalue weighted by Gasteiger charge is -2.27. The van der Waals surface area contributed by atoms with E-state index >= 15 is 0 Å². The van der Waals surface area contributed by atoms with E-state index in [2.05, 4.69) is 15.5 Å². The lowest BCUT2D eigenvalue weighted by atomic mass is 9.95. The second kappa shape index (κ2) is 6.13. The van der Waals surface area contributed by atoms with Crippen LogP contribution in [-0.4, -0.2) is 38.0 Å². The largest absolute Gasteiger partial charge is 0.368 e. The van der Waals surface area contributed by atoms with Gasteiger partial charge in [0, 0.05) is 18.8 Å². The minimum absolute atomic E-state index is 0.260. The van der Waals surface area contributed by atoms with Gasteiger partial charge >= 0.3 is 0 Å². The van der Waals surface area contributed by atoms with Gasteiger partial charge in [0.2, 0.25) is 5.91 Å². The van der Waals surface area contributed by atoms with Gasteiger partial charge in [-0.2, -0.15) is 0 Å². The molecule has 1 atom stereocenters. The molecule has 0 aliphatic heterocycles. The summed E-state index contributed by atoms with van der Waals surface area (Å²) in [5, 5.41) is 12.4. The van der Waals surface area contributed by atoms with Gasteiger partial charge in [-0.3, -0.25) is 4.79 Å². The van der Waals surface area contributed by atoms with E-state index in [0.29, 0.717) is 6.04 Å². The number of carbonyl (C=O) groups is 1. The van der Waals surface area contributed by atoms with Crippen molar-refractivity contribution in [2.24, 2.45) is 12.8 Å². The highest BCUT2D eigenvalue weighted by molar-refractivity contribution is 7.99. The summed E-state index contributed by atoms with van der Waals surface area (Å²) in [6.07, 6.45) is 3.96. The molecule has 1 heterocycles. The topological polar surface area (TPSA) is 85.8 Å². The summed E-state index contributed by atoms with van der Waals surface area (Å²) in [6.45, 7) is 3.84. The first-order valence-corrected chi connectivity index (χ1v) is 7.97. The number of amides is 1. The summed E-state index contributed by atoms with van der Waals surface area (Å²) in [7, 11) is 1.96. The molecule has 0 spiro atoms. The molecular weight excluding hydrogens is 274 g/mol. The average molecular weight is 297 g/mol. The molecule has 6 nitrogen and oxygen atoms in total. The van der Waals surface area contributed by atoms with Gasteiger partial charge in [0.25, 0.3) is 0 Å². The van der Waals surface area contributed by atoms with Crippen molar-refractivity contribution in [2.75, 3.05) is 5.75 Å². The third kappa shape index (κ3) is 3.73. The van der Waals surface area contributed by atoms with Crippen molar-refractivity contribution in [1.29, 1.82) is 0 Å². The van der Waals surface area contributed by atoms with E-state index in [0.717, 1.165) is 42.4 Å². The molecule has 1 unspecified atom stereocenters. The summed E-state index contributed by atoms with van der Waals surface area (Å²) in [5.74, 6) is 1.55. The maximum Gasteiger partial charge on any atom is 0.237 e. The Kier molecular flexibility index (Phi) is 4.70. The Morgan fingerprint density at radius 3 is 2.75 bits per heavy atom. The van der Waals surface area contributed by atoms with Gasteiger partial charge in [-0.05, 0) is 39.5 Å². The molecule has 1 saturated carbocycles. The molecule has 0 saturated heterocycles. The summed E-state index contributed by atoms with van der Waals surface area (Å²) in [6, 6.07) is 0.474. The number of hydrogen-bond donors (Lipinski definition) is 2. The molecule has 1 amide bonds. The van der Waals surface area contributed by atoms with Crippen LogP contribution in [0.1, 0.15) is 38.4 Å². The van der Waals surface area contributed by atoms with E-state index in [1.807, 2.05) is 25.5 Å². The van der Waals surface area contributed by atoms with E-state index in [1.54, 1.807) is 11.8 Å². The standard InChI is InChI=1S/C13H23N5OS/c1-9-16-17-12(18(9)3)20-8-4-7-13(2,11(14)19)15-10-5-6-10/h10,15H,4-8H2,1-3H3,(H2,14,19). The van der Waals surface area contributed by atoms with E-state index < -0.39 is 5.54 Å². The summed E-state index contributed by atoms with van der Waals surface area (Å²) in [5.41, 5.74) is 4.95. The Morgan fingerprint density at radius 1 is 1.55 bits per heavy atom. The van der Waals surface area contributed by atoms with Crippen LogP contribution >= 0.6 is 11.8 Å². The number of primary amides is 1. The van der Waals surface area contributed by atoms with Crippen LogP contribution < -0.4 is 11.1 Å². The Labute approximate surface area is 123 Å². The van der Waals surface area contributed by atoms with E-state index in [-0.39, 0.29) is 5.91 Å². The minimum Gasteiger partial charge on any atom is -0.368 e. The molecule has 1 aromatic heterocycles. The minimum atomic E-state index is -0.586. The number of nitrogens with zero attached hydrogens (tertiary/aromatic N) is 3. The number of nitrogens with one attached hydrogen (secondary N) is 1. The van der Waals surface area contributed by atoms with Crippen molar-refractivity contribution < 1.29 is 4.79 Å². The fourth-order valence-corrected chi connectivity index (χ4v) is 2.94. The maximum atomic E-state index is 11.6. The zero-order valence-corrected chi connectivity index (χ0v) is 13.2. The first-order chi connectivity index (χ1) is 9.42. The van der Waals surface area contributed by atoms with E-state index in [1.165, 1.54) is 0 Å². The molecule has 0 bridgehead atoms. The van der Waals surface area contributed by atoms with Crippen molar-refractivity contribution in [3.63, 3.8) is 0 Å². The van der Waals surface area contributed by atoms with Gasteiger partial charge in [0.05, 0.1) is 5.54 Å². The molecule has 1 aliphatic rings. The molecule has 2 rings (SSSR count). The van der Waals surface area contributed by atoms with Crippen molar-refractivity contribution >= 4 is 17.7 Å². The van der Waals surface area contributed by atoms with Crippen LogP contribution in [-0.2, 0) is 11.8 Å². The number of aromatic nitrogens is 3. The van der Waals surface area contributed by atoms with E-state index in [4.69, 9.17) is 5.73 Å². The number of hydrogen-bond acceptors (Lipinski definition) is 5. The molecule has 1 aliphatic carbocycles. The van der Waals surface area contributed by atoms with Crippen LogP contribution in [0.15, 0.2) is 5.16 Å². The monoisotopic (exact) mass is 297 g/mol. The highest BCUT2D eigenvalue weighted by atomic mass is 32.2. The third-order valence-corrected chi connectivity index (χ3v) is 4.86. The smallest absolute Gasteiger partial charge is 0.237 e. The molecular formula is C13H23N5OS. The molecule has 20 heavy (non-hydrogen) atoms. The molecule has 7 heteroatoms. The number of rotatable bonds is 8. The predicted octanol–water partition coefficient (Wildman–Crippen LogP) is 0.992. The van der Waals surface area contributed by atoms with Crippen LogP contribution in [0.5, 0.6) is 0 Å². The predicted molar refractivity (Wildman–Crippen MR) is 79.5 cm³/mol. The quantitative estimate of drug-likeness (QED) is 0.552. The first kappa shape index (κ1) is 15.3. The van der Waals surface area contributed by atoms with Gasteiger partial charge in [0.15, 0.2) is 5.16 Å². The fourth-order valence-electron chi connectivity index (χ4n) is 2.05. The normalized spacial score (nSPS) is 17.9. The Bertz CT molecular complexity index is 485. The second-order valence-electron chi connectivity index (χ2n) is 5.66. The fraction of sp³-hybridized carbons (Fsp3) is 0.769. The van der Waals surface area contributed by atoms with Gasteiger partial charge in [-0.25, -0.2) is 0 Å². The average Bonchev–Trinajstić information content (AvgIpc) is 3.14. The number of aryl methyl sites for hydroxylation is 1. The Hall–Kier alpha value is -1.08. The summed E-state index contributed by atoms with van der Waals surface area (Å²) in [4.78, 5) is 11.6. The second-order valence-corrected chi connectivity index (χ2v) is 6.72.